The summed E-state index contributed by atoms with van der Waals surface area (Å²) >= 11 is 0. The highest BCUT2D eigenvalue weighted by Gasteiger charge is 2.15. The fourth-order valence-electron chi connectivity index (χ4n) is 1.55. The lowest BCUT2D eigenvalue weighted by Gasteiger charge is -2.21. The Balaban J connectivity index is 1.88. The highest BCUT2D eigenvalue weighted by Crippen LogP contribution is 2.08. The van der Waals surface area contributed by atoms with E-state index in [-0.39, 0.29) is 5.91 Å². The van der Waals surface area contributed by atoms with Crippen LogP contribution in [0.3, 0.4) is 0 Å². The van der Waals surface area contributed by atoms with Crippen molar-refractivity contribution in [2.45, 2.75) is 13.5 Å². The summed E-state index contributed by atoms with van der Waals surface area (Å²) in [5, 5.41) is 10.1. The zero-order valence-electron chi connectivity index (χ0n) is 9.58. The molecule has 0 aromatic carbocycles. The molecule has 2 rings (SSSR count). The zero-order chi connectivity index (χ0) is 11.5. The maximum absolute atomic E-state index is 11.7. The fraction of sp³-hybridized carbons (Fsp3) is 0.455. The van der Waals surface area contributed by atoms with E-state index in [9.17, 15) is 4.79 Å². The Morgan fingerprint density at radius 1 is 1.62 bits per heavy atom. The van der Waals surface area contributed by atoms with Crippen molar-refractivity contribution in [3.8, 4) is 0 Å². The average Bonchev–Trinajstić information content (AvgIpc) is 2.58. The van der Waals surface area contributed by atoms with Crippen LogP contribution < -0.4 is 10.6 Å². The van der Waals surface area contributed by atoms with E-state index < -0.39 is 0 Å². The number of carbonyl (C=O) groups is 1. The summed E-state index contributed by atoms with van der Waals surface area (Å²) in [4.78, 5) is 11.7. The third-order valence-corrected chi connectivity index (χ3v) is 2.76. The smallest absolute Gasteiger partial charge is 0.247 e. The molecule has 0 atom stereocenters. The molecule has 2 heterocycles. The van der Waals surface area contributed by atoms with E-state index in [0.717, 1.165) is 24.2 Å². The number of carbonyl (C=O) groups excluding carboxylic acids is 1. The molecule has 1 amide bonds. The van der Waals surface area contributed by atoms with Crippen LogP contribution >= 0.6 is 0 Å². The Bertz CT molecular complexity index is 427. The molecule has 5 heteroatoms. The minimum absolute atomic E-state index is 0.0142. The van der Waals surface area contributed by atoms with Crippen LogP contribution in [-0.2, 0) is 18.4 Å². The number of aryl methyl sites for hydroxylation is 1. The lowest BCUT2D eigenvalue weighted by molar-refractivity contribution is -0.117. The minimum atomic E-state index is 0.0142. The first kappa shape index (κ1) is 10.9. The topological polar surface area (TPSA) is 59.0 Å². The average molecular weight is 220 g/mol. The van der Waals surface area contributed by atoms with Crippen LogP contribution in [0.4, 0.5) is 0 Å². The van der Waals surface area contributed by atoms with Crippen molar-refractivity contribution in [3.63, 3.8) is 0 Å². The second-order valence-electron chi connectivity index (χ2n) is 4.04. The molecule has 1 aromatic rings. The van der Waals surface area contributed by atoms with Crippen LogP contribution in [0.25, 0.3) is 0 Å². The maximum atomic E-state index is 11.7. The van der Waals surface area contributed by atoms with Crippen LogP contribution in [0, 0.1) is 0 Å². The molecule has 0 aliphatic carbocycles. The molecule has 1 saturated heterocycles. The molecule has 0 spiro atoms. The summed E-state index contributed by atoms with van der Waals surface area (Å²) < 4.78 is 1.72. The van der Waals surface area contributed by atoms with Crippen LogP contribution in [0.1, 0.15) is 12.5 Å². The lowest BCUT2D eigenvalue weighted by atomic mass is 10.0. The number of hydrogen-bond donors (Lipinski definition) is 2. The van der Waals surface area contributed by atoms with Crippen molar-refractivity contribution in [2.75, 3.05) is 13.1 Å². The first-order chi connectivity index (χ1) is 7.66. The van der Waals surface area contributed by atoms with Gasteiger partial charge in [0.15, 0.2) is 0 Å². The molecule has 86 valence electrons. The Labute approximate surface area is 94.5 Å². The fourth-order valence-corrected chi connectivity index (χ4v) is 1.55. The number of hydrogen-bond acceptors (Lipinski definition) is 3. The SMILES string of the molecule is CC(C(=O)NCc1cnn(C)c1)=C1CNC1. The molecular weight excluding hydrogens is 204 g/mol. The summed E-state index contributed by atoms with van der Waals surface area (Å²) in [5.74, 6) is 0.0142. The van der Waals surface area contributed by atoms with Crippen LogP contribution in [0.15, 0.2) is 23.5 Å². The molecule has 0 saturated carbocycles. The van der Waals surface area contributed by atoms with Crippen LogP contribution in [0.2, 0.25) is 0 Å². The molecule has 1 aliphatic heterocycles. The van der Waals surface area contributed by atoms with E-state index in [0.29, 0.717) is 6.54 Å². The van der Waals surface area contributed by atoms with Gasteiger partial charge in [-0.2, -0.15) is 5.10 Å². The minimum Gasteiger partial charge on any atom is -0.348 e. The van der Waals surface area contributed by atoms with Crippen molar-refractivity contribution in [3.05, 3.63) is 29.1 Å². The van der Waals surface area contributed by atoms with Gasteiger partial charge in [-0.25, -0.2) is 0 Å². The van der Waals surface area contributed by atoms with E-state index >= 15 is 0 Å². The highest BCUT2D eigenvalue weighted by atomic mass is 16.1. The monoisotopic (exact) mass is 220 g/mol. The Hall–Kier alpha value is -1.62. The summed E-state index contributed by atoms with van der Waals surface area (Å²) in [5.41, 5.74) is 3.05. The Morgan fingerprint density at radius 3 is 2.88 bits per heavy atom. The standard InChI is InChI=1S/C11H16N4O/c1-8(10-5-12-6-10)11(16)13-3-9-4-14-15(2)7-9/h4,7,12H,3,5-6H2,1-2H3,(H,13,16). The Morgan fingerprint density at radius 2 is 2.38 bits per heavy atom. The lowest BCUT2D eigenvalue weighted by Crippen LogP contribution is -2.37. The van der Waals surface area contributed by atoms with Gasteiger partial charge in [0.25, 0.3) is 0 Å². The van der Waals surface area contributed by atoms with Crippen molar-refractivity contribution >= 4 is 5.91 Å². The van der Waals surface area contributed by atoms with Gasteiger partial charge in [-0.3, -0.25) is 9.48 Å². The van der Waals surface area contributed by atoms with E-state index in [4.69, 9.17) is 0 Å². The molecule has 0 radical (unpaired) electrons. The molecule has 16 heavy (non-hydrogen) atoms. The van der Waals surface area contributed by atoms with Crippen molar-refractivity contribution in [1.82, 2.24) is 20.4 Å². The van der Waals surface area contributed by atoms with Crippen molar-refractivity contribution < 1.29 is 4.79 Å². The van der Waals surface area contributed by atoms with E-state index in [1.165, 1.54) is 5.57 Å². The van der Waals surface area contributed by atoms with E-state index in [2.05, 4.69) is 15.7 Å². The number of rotatable bonds is 3. The first-order valence-electron chi connectivity index (χ1n) is 5.32. The second-order valence-corrected chi connectivity index (χ2v) is 4.04. The number of amides is 1. The predicted octanol–water partition coefficient (Wildman–Crippen LogP) is -0.0440. The van der Waals surface area contributed by atoms with Gasteiger partial charge in [0.1, 0.15) is 0 Å². The largest absolute Gasteiger partial charge is 0.348 e. The molecule has 1 aromatic heterocycles. The number of nitrogens with one attached hydrogen (secondary N) is 2. The molecule has 0 bridgehead atoms. The Kier molecular flexibility index (Phi) is 3.05. The maximum Gasteiger partial charge on any atom is 0.247 e. The van der Waals surface area contributed by atoms with Gasteiger partial charge >= 0.3 is 0 Å². The molecular formula is C11H16N4O. The highest BCUT2D eigenvalue weighted by molar-refractivity contribution is 5.93. The van der Waals surface area contributed by atoms with Gasteiger partial charge < -0.3 is 10.6 Å². The van der Waals surface area contributed by atoms with Gasteiger partial charge in [0, 0.05) is 44.0 Å². The molecule has 0 unspecified atom stereocenters. The normalized spacial score (nSPS) is 14.5. The second kappa shape index (κ2) is 4.49. The van der Waals surface area contributed by atoms with Crippen molar-refractivity contribution in [2.24, 2.45) is 7.05 Å². The summed E-state index contributed by atoms with van der Waals surface area (Å²) in [6.07, 6.45) is 3.65. The van der Waals surface area contributed by atoms with Gasteiger partial charge in [-0.15, -0.1) is 0 Å². The van der Waals surface area contributed by atoms with Gasteiger partial charge in [-0.1, -0.05) is 0 Å². The summed E-state index contributed by atoms with van der Waals surface area (Å²) in [7, 11) is 1.86. The first-order valence-corrected chi connectivity index (χ1v) is 5.32. The third-order valence-electron chi connectivity index (χ3n) is 2.76. The third kappa shape index (κ3) is 2.30. The molecule has 1 aliphatic rings. The van der Waals surface area contributed by atoms with Gasteiger partial charge in [0.05, 0.1) is 6.20 Å². The van der Waals surface area contributed by atoms with E-state index in [1.54, 1.807) is 10.9 Å². The van der Waals surface area contributed by atoms with Gasteiger partial charge in [0.2, 0.25) is 5.91 Å². The number of aromatic nitrogens is 2. The summed E-state index contributed by atoms with van der Waals surface area (Å²) in [6.45, 7) is 4.08. The van der Waals surface area contributed by atoms with Crippen LogP contribution in [0.5, 0.6) is 0 Å². The zero-order valence-corrected chi connectivity index (χ0v) is 9.58. The quantitative estimate of drug-likeness (QED) is 0.702. The molecule has 5 nitrogen and oxygen atoms in total. The molecule has 2 N–H and O–H groups in total. The van der Waals surface area contributed by atoms with Gasteiger partial charge in [-0.05, 0) is 12.5 Å². The predicted molar refractivity (Wildman–Crippen MR) is 60.6 cm³/mol. The summed E-state index contributed by atoms with van der Waals surface area (Å²) in [6, 6.07) is 0. The van der Waals surface area contributed by atoms with E-state index in [1.807, 2.05) is 20.2 Å². The van der Waals surface area contributed by atoms with Crippen molar-refractivity contribution in [1.29, 1.82) is 0 Å². The van der Waals surface area contributed by atoms with Crippen LogP contribution in [-0.4, -0.2) is 28.8 Å². The number of nitrogens with zero attached hydrogens (tertiary/aromatic N) is 2. The molecule has 1 fully saturated rings.